The molecule has 7 heterocycles. The zero-order valence-corrected chi connectivity index (χ0v) is 20.7. The van der Waals surface area contributed by atoms with E-state index in [0.29, 0.717) is 42.6 Å². The second-order valence-corrected chi connectivity index (χ2v) is 10.6. The number of ketones is 1. The molecule has 4 aliphatic rings. The summed E-state index contributed by atoms with van der Waals surface area (Å²) in [5.74, 6) is -0.382. The number of hydrogen-bond donors (Lipinski definition) is 2. The van der Waals surface area contributed by atoms with Crippen LogP contribution in [0.4, 0.5) is 9.18 Å². The third kappa shape index (κ3) is 3.10. The van der Waals surface area contributed by atoms with Crippen LogP contribution in [-0.2, 0) is 17.9 Å². The number of nitrogens with zero attached hydrogens (tertiary/aromatic N) is 5. The Bertz CT molecular complexity index is 1700. The Morgan fingerprint density at radius 3 is 2.95 bits per heavy atom. The van der Waals surface area contributed by atoms with E-state index in [1.807, 2.05) is 44.8 Å². The molecule has 0 saturated carbocycles. The molecule has 2 amide bonds. The van der Waals surface area contributed by atoms with Crippen LogP contribution in [0.3, 0.4) is 0 Å². The van der Waals surface area contributed by atoms with E-state index in [1.54, 1.807) is 12.3 Å². The van der Waals surface area contributed by atoms with Gasteiger partial charge in [-0.05, 0) is 36.2 Å². The number of Topliss-reactive ketones (excluding diaryl/α,β-unsaturated/α-hetero) is 1. The molecule has 2 bridgehead atoms. The van der Waals surface area contributed by atoms with Crippen molar-refractivity contribution in [1.29, 1.82) is 0 Å². The lowest BCUT2D eigenvalue weighted by Crippen LogP contribution is -2.51. The predicted molar refractivity (Wildman–Crippen MR) is 140 cm³/mol. The minimum atomic E-state index is -0.355. The molecule has 0 aliphatic carbocycles. The number of rotatable bonds is 2. The first-order chi connectivity index (χ1) is 18.5. The maximum absolute atomic E-state index is 15.1. The van der Waals surface area contributed by atoms with E-state index in [4.69, 9.17) is 0 Å². The maximum atomic E-state index is 15.1. The molecule has 3 aromatic heterocycles. The Morgan fingerprint density at radius 1 is 1.18 bits per heavy atom. The van der Waals surface area contributed by atoms with E-state index in [2.05, 4.69) is 20.2 Å². The number of amides is 2. The Hall–Kier alpha value is -4.18. The molecule has 4 aliphatic heterocycles. The summed E-state index contributed by atoms with van der Waals surface area (Å²) in [4.78, 5) is 34.9. The van der Waals surface area contributed by atoms with Crippen molar-refractivity contribution in [3.8, 4) is 0 Å². The number of carbonyl (C=O) groups is 2. The predicted octanol–water partition coefficient (Wildman–Crippen LogP) is 2.45. The summed E-state index contributed by atoms with van der Waals surface area (Å²) in [6.07, 6.45) is 6.60. The number of hydrogen-bond acceptors (Lipinski definition) is 5. The molecular weight excluding hydrogens is 485 g/mol. The van der Waals surface area contributed by atoms with Gasteiger partial charge in [0.15, 0.2) is 5.78 Å². The topological polar surface area (TPSA) is 86.9 Å². The van der Waals surface area contributed by atoms with E-state index < -0.39 is 0 Å². The van der Waals surface area contributed by atoms with Gasteiger partial charge >= 0.3 is 6.03 Å². The third-order valence-corrected chi connectivity index (χ3v) is 8.46. The fourth-order valence-electron chi connectivity index (χ4n) is 6.74. The van der Waals surface area contributed by atoms with Gasteiger partial charge in [0.1, 0.15) is 11.5 Å². The number of carbonyl (C=O) groups excluding carboxylic acids is 2. The lowest BCUT2D eigenvalue weighted by Gasteiger charge is -2.33. The second-order valence-electron chi connectivity index (χ2n) is 10.6. The molecule has 0 radical (unpaired) electrons. The number of imidazole rings is 1. The van der Waals surface area contributed by atoms with Gasteiger partial charge in [0.2, 0.25) is 0 Å². The van der Waals surface area contributed by atoms with Crippen molar-refractivity contribution in [2.45, 2.75) is 31.6 Å². The fourth-order valence-corrected chi connectivity index (χ4v) is 6.74. The van der Waals surface area contributed by atoms with E-state index >= 15 is 4.39 Å². The van der Waals surface area contributed by atoms with Gasteiger partial charge in [-0.1, -0.05) is 6.07 Å². The minimum absolute atomic E-state index is 0.0264. The largest absolute Gasteiger partial charge is 0.376 e. The van der Waals surface area contributed by atoms with Crippen LogP contribution in [0.1, 0.15) is 23.2 Å². The summed E-state index contributed by atoms with van der Waals surface area (Å²) in [5, 5.41) is 7.47. The number of fused-ring (bicyclic) bond motifs is 3. The number of piperazine rings is 1. The van der Waals surface area contributed by atoms with E-state index in [9.17, 15) is 9.59 Å². The van der Waals surface area contributed by atoms with Gasteiger partial charge in [0.25, 0.3) is 0 Å². The number of halogens is 1. The molecule has 2 unspecified atom stereocenters. The lowest BCUT2D eigenvalue weighted by molar-refractivity contribution is -0.112. The van der Waals surface area contributed by atoms with Crippen LogP contribution in [0, 0.1) is 5.82 Å². The van der Waals surface area contributed by atoms with Crippen LogP contribution < -0.4 is 10.6 Å². The quantitative estimate of drug-likeness (QED) is 0.432. The smallest absolute Gasteiger partial charge is 0.320 e. The zero-order valence-electron chi connectivity index (χ0n) is 20.7. The van der Waals surface area contributed by atoms with Crippen LogP contribution in [0.15, 0.2) is 48.9 Å². The number of pyridine rings is 1. The summed E-state index contributed by atoms with van der Waals surface area (Å²) >= 11 is 0. The summed E-state index contributed by atoms with van der Waals surface area (Å²) in [6, 6.07) is 9.44. The van der Waals surface area contributed by atoms with E-state index in [1.165, 1.54) is 6.07 Å². The maximum Gasteiger partial charge on any atom is 0.320 e. The van der Waals surface area contributed by atoms with Crippen molar-refractivity contribution in [1.82, 2.24) is 34.4 Å². The Morgan fingerprint density at radius 2 is 2.11 bits per heavy atom. The molecule has 2 N–H and O–H groups in total. The van der Waals surface area contributed by atoms with Crippen molar-refractivity contribution in [3.63, 3.8) is 0 Å². The number of likely N-dealkylation sites (tertiary alicyclic amines) is 1. The first-order valence-electron chi connectivity index (χ1n) is 13.1. The van der Waals surface area contributed by atoms with Gasteiger partial charge in [-0.3, -0.25) is 9.20 Å². The highest BCUT2D eigenvalue weighted by Crippen LogP contribution is 2.37. The van der Waals surface area contributed by atoms with Crippen LogP contribution in [0.5, 0.6) is 0 Å². The highest BCUT2D eigenvalue weighted by Gasteiger charge is 2.42. The first-order valence-corrected chi connectivity index (χ1v) is 13.1. The molecule has 192 valence electrons. The SMILES string of the molecule is O=C1CNC(c2cn3c4c(cc(F)cc24)CN(C(=O)N2CC4CC2CN4)CC3)=C1c1cnc2ccccn12. The van der Waals surface area contributed by atoms with Crippen LogP contribution in [-0.4, -0.2) is 73.8 Å². The second kappa shape index (κ2) is 7.91. The van der Waals surface area contributed by atoms with Crippen molar-refractivity contribution >= 4 is 39.6 Å². The standard InChI is InChI=1S/C28H26FN7O2/c29-17-7-16-13-34(28(38)36-14-18-9-19(36)10-30-18)6-5-33-15-21(20(8-17)27(16)33)26-25(23(37)12-32-26)22-11-31-24-3-1-2-4-35(22)24/h1-4,7-8,11,15,18-19,30,32H,5-6,9-10,12-14H2. The van der Waals surface area contributed by atoms with Crippen LogP contribution >= 0.6 is 0 Å². The molecule has 2 atom stereocenters. The highest BCUT2D eigenvalue weighted by atomic mass is 19.1. The summed E-state index contributed by atoms with van der Waals surface area (Å²) in [7, 11) is 0. The van der Waals surface area contributed by atoms with Crippen molar-refractivity contribution in [2.24, 2.45) is 0 Å². The third-order valence-electron chi connectivity index (χ3n) is 8.46. The van der Waals surface area contributed by atoms with Gasteiger partial charge < -0.3 is 25.0 Å². The summed E-state index contributed by atoms with van der Waals surface area (Å²) < 4.78 is 19.1. The number of benzene rings is 1. The molecule has 4 aromatic rings. The molecule has 2 saturated heterocycles. The Labute approximate surface area is 217 Å². The van der Waals surface area contributed by atoms with Crippen molar-refractivity contribution in [2.75, 3.05) is 26.2 Å². The number of aromatic nitrogens is 3. The molecule has 1 aromatic carbocycles. The van der Waals surface area contributed by atoms with Crippen molar-refractivity contribution in [3.05, 3.63) is 71.6 Å². The number of nitrogens with one attached hydrogen (secondary N) is 2. The average molecular weight is 512 g/mol. The molecule has 9 nitrogen and oxygen atoms in total. The van der Waals surface area contributed by atoms with Crippen molar-refractivity contribution < 1.29 is 14.0 Å². The van der Waals surface area contributed by atoms with Gasteiger partial charge in [-0.25, -0.2) is 14.2 Å². The molecule has 0 spiro atoms. The monoisotopic (exact) mass is 511 g/mol. The number of urea groups is 1. The lowest BCUT2D eigenvalue weighted by atomic mass is 10.0. The normalized spacial score (nSPS) is 22.7. The molecular formula is C28H26FN7O2. The summed E-state index contributed by atoms with van der Waals surface area (Å²) in [6.45, 7) is 3.22. The van der Waals surface area contributed by atoms with Gasteiger partial charge in [0.05, 0.1) is 35.2 Å². The molecule has 8 rings (SSSR count). The van der Waals surface area contributed by atoms with Crippen LogP contribution in [0.25, 0.3) is 27.8 Å². The molecule has 38 heavy (non-hydrogen) atoms. The van der Waals surface area contributed by atoms with Crippen LogP contribution in [0.2, 0.25) is 0 Å². The minimum Gasteiger partial charge on any atom is -0.376 e. The average Bonchev–Trinajstić information content (AvgIpc) is 3.73. The Balaban J connectivity index is 1.23. The van der Waals surface area contributed by atoms with E-state index in [0.717, 1.165) is 47.2 Å². The fraction of sp³-hybridized carbons (Fsp3) is 0.321. The van der Waals surface area contributed by atoms with Gasteiger partial charge in [-0.15, -0.1) is 0 Å². The van der Waals surface area contributed by atoms with Gasteiger partial charge in [0, 0.05) is 68.2 Å². The summed E-state index contributed by atoms with van der Waals surface area (Å²) in [5.41, 5.74) is 5.19. The molecule has 2 fully saturated rings. The highest BCUT2D eigenvalue weighted by molar-refractivity contribution is 6.32. The van der Waals surface area contributed by atoms with E-state index in [-0.39, 0.29) is 30.2 Å². The zero-order chi connectivity index (χ0) is 25.5. The Kier molecular flexibility index (Phi) is 4.55. The van der Waals surface area contributed by atoms with Gasteiger partial charge in [-0.2, -0.15) is 0 Å². The molecule has 10 heteroatoms. The first kappa shape index (κ1) is 21.9.